The van der Waals surface area contributed by atoms with Crippen molar-refractivity contribution in [3.8, 4) is 10.8 Å². The monoisotopic (exact) mass is 406 g/mol. The molecule has 0 radical (unpaired) electrons. The molecule has 2 N–H and O–H groups in total. The lowest BCUT2D eigenvalue weighted by molar-refractivity contribution is 0.0702. The summed E-state index contributed by atoms with van der Waals surface area (Å²) in [6.45, 7) is 4.12. The van der Waals surface area contributed by atoms with Crippen molar-refractivity contribution in [3.05, 3.63) is 82.9 Å². The SMILES string of the molecule is CCOc1ccc(CNCc2cn(-c3ccc(C(=O)O)s3)c3ccccc23)cc1. The second kappa shape index (κ2) is 8.51. The van der Waals surface area contributed by atoms with E-state index in [1.807, 2.05) is 37.3 Å². The number of ether oxygens (including phenoxy) is 1. The minimum atomic E-state index is -0.894. The van der Waals surface area contributed by atoms with Crippen LogP contribution in [0.3, 0.4) is 0 Å². The number of benzene rings is 2. The third-order valence-electron chi connectivity index (χ3n) is 4.71. The van der Waals surface area contributed by atoms with Crippen LogP contribution >= 0.6 is 11.3 Å². The Morgan fingerprint density at radius 1 is 1.07 bits per heavy atom. The molecule has 0 saturated carbocycles. The van der Waals surface area contributed by atoms with Gasteiger partial charge in [0, 0.05) is 24.7 Å². The van der Waals surface area contributed by atoms with Crippen LogP contribution in [0.15, 0.2) is 66.9 Å². The molecular weight excluding hydrogens is 384 g/mol. The highest BCUT2D eigenvalue weighted by Crippen LogP contribution is 2.29. The van der Waals surface area contributed by atoms with Crippen molar-refractivity contribution in [3.63, 3.8) is 0 Å². The van der Waals surface area contributed by atoms with Gasteiger partial charge in [-0.3, -0.25) is 0 Å². The summed E-state index contributed by atoms with van der Waals surface area (Å²) in [5, 5.41) is 14.8. The smallest absolute Gasteiger partial charge is 0.345 e. The number of nitrogens with zero attached hydrogens (tertiary/aromatic N) is 1. The van der Waals surface area contributed by atoms with Gasteiger partial charge in [-0.1, -0.05) is 30.3 Å². The fourth-order valence-corrected chi connectivity index (χ4v) is 4.19. The summed E-state index contributed by atoms with van der Waals surface area (Å²) in [6.07, 6.45) is 2.09. The van der Waals surface area contributed by atoms with Crippen molar-refractivity contribution in [1.82, 2.24) is 9.88 Å². The number of rotatable bonds is 8. The van der Waals surface area contributed by atoms with Crippen LogP contribution in [0.1, 0.15) is 27.7 Å². The zero-order valence-electron chi connectivity index (χ0n) is 16.1. The molecule has 0 atom stereocenters. The average Bonchev–Trinajstić information content (AvgIpc) is 3.35. The largest absolute Gasteiger partial charge is 0.494 e. The second-order valence-electron chi connectivity index (χ2n) is 6.67. The number of nitrogens with one attached hydrogen (secondary N) is 1. The van der Waals surface area contributed by atoms with Gasteiger partial charge in [-0.05, 0) is 48.4 Å². The van der Waals surface area contributed by atoms with Crippen molar-refractivity contribution in [2.24, 2.45) is 0 Å². The molecule has 4 aromatic rings. The van der Waals surface area contributed by atoms with Gasteiger partial charge in [0.05, 0.1) is 12.1 Å². The maximum absolute atomic E-state index is 11.2. The van der Waals surface area contributed by atoms with E-state index in [0.29, 0.717) is 11.5 Å². The van der Waals surface area contributed by atoms with Crippen LogP contribution < -0.4 is 10.1 Å². The lowest BCUT2D eigenvalue weighted by Crippen LogP contribution is -2.12. The van der Waals surface area contributed by atoms with Crippen LogP contribution in [0.25, 0.3) is 15.9 Å². The van der Waals surface area contributed by atoms with Crippen LogP contribution in [0.2, 0.25) is 0 Å². The molecule has 0 aliphatic rings. The number of fused-ring (bicyclic) bond motifs is 1. The molecule has 0 aliphatic carbocycles. The lowest BCUT2D eigenvalue weighted by Gasteiger charge is -2.06. The van der Waals surface area contributed by atoms with E-state index in [0.717, 1.165) is 34.7 Å². The molecule has 0 amide bonds. The number of thiophene rings is 1. The Labute approximate surface area is 173 Å². The third kappa shape index (κ3) is 4.18. The van der Waals surface area contributed by atoms with Gasteiger partial charge in [-0.15, -0.1) is 11.3 Å². The molecule has 2 aromatic heterocycles. The van der Waals surface area contributed by atoms with Crippen molar-refractivity contribution >= 4 is 28.2 Å². The Kier molecular flexibility index (Phi) is 5.64. The minimum absolute atomic E-state index is 0.341. The summed E-state index contributed by atoms with van der Waals surface area (Å²) in [6, 6.07) is 19.8. The Bertz CT molecular complexity index is 1130. The number of carboxylic acids is 1. The summed E-state index contributed by atoms with van der Waals surface area (Å²) in [5.74, 6) is -0.00837. The van der Waals surface area contributed by atoms with Crippen LogP contribution in [0, 0.1) is 0 Å². The van der Waals surface area contributed by atoms with Gasteiger partial charge in [-0.2, -0.15) is 0 Å². The van der Waals surface area contributed by atoms with Crippen LogP contribution in [-0.2, 0) is 13.1 Å². The number of aromatic nitrogens is 1. The predicted molar refractivity (Wildman–Crippen MR) is 116 cm³/mol. The third-order valence-corrected chi connectivity index (χ3v) is 5.79. The van der Waals surface area contributed by atoms with E-state index in [-0.39, 0.29) is 0 Å². The number of hydrogen-bond donors (Lipinski definition) is 2. The standard InChI is InChI=1S/C23H22N2O3S/c1-2-28-18-9-7-16(8-10-18)13-24-14-17-15-25(20-6-4-3-5-19(17)20)22-12-11-21(29-22)23(26)27/h3-12,15,24H,2,13-14H2,1H3,(H,26,27). The topological polar surface area (TPSA) is 63.5 Å². The van der Waals surface area contributed by atoms with Gasteiger partial charge >= 0.3 is 5.97 Å². The molecule has 0 unspecified atom stereocenters. The Hall–Kier alpha value is -3.09. The molecule has 5 nitrogen and oxygen atoms in total. The van der Waals surface area contributed by atoms with Gasteiger partial charge in [0.25, 0.3) is 0 Å². The maximum Gasteiger partial charge on any atom is 0.345 e. The quantitative estimate of drug-likeness (QED) is 0.428. The van der Waals surface area contributed by atoms with E-state index in [1.165, 1.54) is 22.5 Å². The summed E-state index contributed by atoms with van der Waals surface area (Å²) >= 11 is 1.28. The Morgan fingerprint density at radius 2 is 1.86 bits per heavy atom. The van der Waals surface area contributed by atoms with E-state index in [9.17, 15) is 9.90 Å². The van der Waals surface area contributed by atoms with Gasteiger partial charge in [0.15, 0.2) is 0 Å². The van der Waals surface area contributed by atoms with Crippen molar-refractivity contribution in [2.75, 3.05) is 6.61 Å². The molecule has 4 rings (SSSR count). The first-order valence-corrected chi connectivity index (χ1v) is 10.3. The molecule has 148 valence electrons. The van der Waals surface area contributed by atoms with E-state index in [4.69, 9.17) is 4.74 Å². The zero-order valence-corrected chi connectivity index (χ0v) is 16.9. The van der Waals surface area contributed by atoms with Gasteiger partial charge in [-0.25, -0.2) is 4.79 Å². The molecule has 0 bridgehead atoms. The van der Waals surface area contributed by atoms with Crippen LogP contribution in [0.4, 0.5) is 0 Å². The first kappa shape index (κ1) is 19.2. The average molecular weight is 407 g/mol. The molecule has 0 spiro atoms. The fourth-order valence-electron chi connectivity index (χ4n) is 3.36. The highest BCUT2D eigenvalue weighted by atomic mass is 32.1. The number of hydrogen-bond acceptors (Lipinski definition) is 4. The predicted octanol–water partition coefficient (Wildman–Crippen LogP) is 5.08. The molecular formula is C23H22N2O3S. The fraction of sp³-hybridized carbons (Fsp3) is 0.174. The van der Waals surface area contributed by atoms with Crippen molar-refractivity contribution in [1.29, 1.82) is 0 Å². The molecule has 0 saturated heterocycles. The molecule has 29 heavy (non-hydrogen) atoms. The van der Waals surface area contributed by atoms with E-state index < -0.39 is 5.97 Å². The number of aromatic carboxylic acids is 1. The number of para-hydroxylation sites is 1. The first-order chi connectivity index (χ1) is 14.2. The van der Waals surface area contributed by atoms with Crippen LogP contribution in [-0.4, -0.2) is 22.2 Å². The summed E-state index contributed by atoms with van der Waals surface area (Å²) < 4.78 is 7.55. The summed E-state index contributed by atoms with van der Waals surface area (Å²) in [4.78, 5) is 11.6. The number of carboxylic acid groups (broad SMARTS) is 1. The Balaban J connectivity index is 1.52. The number of carbonyl (C=O) groups is 1. The van der Waals surface area contributed by atoms with Gasteiger partial charge in [0.1, 0.15) is 15.6 Å². The minimum Gasteiger partial charge on any atom is -0.494 e. The lowest BCUT2D eigenvalue weighted by atomic mass is 10.1. The van der Waals surface area contributed by atoms with Crippen molar-refractivity contribution in [2.45, 2.75) is 20.0 Å². The summed E-state index contributed by atoms with van der Waals surface area (Å²) in [5.41, 5.74) is 3.45. The highest BCUT2D eigenvalue weighted by molar-refractivity contribution is 7.16. The van der Waals surface area contributed by atoms with Gasteiger partial charge in [0.2, 0.25) is 0 Å². The molecule has 2 heterocycles. The first-order valence-electron chi connectivity index (χ1n) is 9.50. The summed E-state index contributed by atoms with van der Waals surface area (Å²) in [7, 11) is 0. The van der Waals surface area contributed by atoms with E-state index in [1.54, 1.807) is 6.07 Å². The van der Waals surface area contributed by atoms with Gasteiger partial charge < -0.3 is 19.7 Å². The normalized spacial score (nSPS) is 11.1. The van der Waals surface area contributed by atoms with Crippen LogP contribution in [0.5, 0.6) is 5.75 Å². The Morgan fingerprint density at radius 3 is 2.59 bits per heavy atom. The van der Waals surface area contributed by atoms with E-state index in [2.05, 4.69) is 40.3 Å². The zero-order chi connectivity index (χ0) is 20.2. The van der Waals surface area contributed by atoms with E-state index >= 15 is 0 Å². The molecule has 6 heteroatoms. The molecule has 0 fully saturated rings. The second-order valence-corrected chi connectivity index (χ2v) is 7.73. The molecule has 2 aromatic carbocycles. The van der Waals surface area contributed by atoms with Crippen molar-refractivity contribution < 1.29 is 14.6 Å². The molecule has 0 aliphatic heterocycles. The highest BCUT2D eigenvalue weighted by Gasteiger charge is 2.13. The maximum atomic E-state index is 11.2.